The third kappa shape index (κ3) is 2.28. The zero-order valence-corrected chi connectivity index (χ0v) is 8.44. The molecule has 2 aliphatic rings. The van der Waals surface area contributed by atoms with Crippen LogP contribution in [-0.2, 0) is 14.3 Å². The number of amides is 1. The first-order valence-electron chi connectivity index (χ1n) is 5.27. The molecule has 5 nitrogen and oxygen atoms in total. The van der Waals surface area contributed by atoms with Gasteiger partial charge in [-0.2, -0.15) is 0 Å². The minimum Gasteiger partial charge on any atom is -0.481 e. The van der Waals surface area contributed by atoms with E-state index in [1.165, 1.54) is 0 Å². The highest BCUT2D eigenvalue weighted by Gasteiger charge is 2.35. The first-order valence-corrected chi connectivity index (χ1v) is 5.27. The standard InChI is InChI=1S/C10H15NO4/c12-9(11-8-4-15-5-8)6-1-2-7(3-6)10(13)14/h6-8H,1-5H2,(H,11,12)(H,13,14). The lowest BCUT2D eigenvalue weighted by Crippen LogP contribution is -2.50. The zero-order valence-electron chi connectivity index (χ0n) is 8.44. The lowest BCUT2D eigenvalue weighted by Gasteiger charge is -2.28. The van der Waals surface area contributed by atoms with Gasteiger partial charge in [-0.15, -0.1) is 0 Å². The molecule has 1 saturated heterocycles. The summed E-state index contributed by atoms with van der Waals surface area (Å²) in [5, 5.41) is 11.7. The van der Waals surface area contributed by atoms with Crippen molar-refractivity contribution in [3.8, 4) is 0 Å². The summed E-state index contributed by atoms with van der Waals surface area (Å²) in [6, 6.07) is 0.140. The molecule has 0 aromatic rings. The van der Waals surface area contributed by atoms with Gasteiger partial charge in [0.05, 0.1) is 25.2 Å². The van der Waals surface area contributed by atoms with Crippen LogP contribution in [-0.4, -0.2) is 36.2 Å². The third-order valence-electron chi connectivity index (χ3n) is 3.14. The highest BCUT2D eigenvalue weighted by atomic mass is 16.5. The minimum absolute atomic E-state index is 0.00736. The van der Waals surface area contributed by atoms with E-state index in [0.29, 0.717) is 32.5 Å². The fraction of sp³-hybridized carbons (Fsp3) is 0.800. The second kappa shape index (κ2) is 4.18. The van der Waals surface area contributed by atoms with E-state index in [4.69, 9.17) is 9.84 Å². The first-order chi connectivity index (χ1) is 7.16. The van der Waals surface area contributed by atoms with E-state index in [-0.39, 0.29) is 23.8 Å². The average Bonchev–Trinajstić information content (AvgIpc) is 2.59. The summed E-state index contributed by atoms with van der Waals surface area (Å²) in [7, 11) is 0. The first kappa shape index (κ1) is 10.4. The van der Waals surface area contributed by atoms with Crippen LogP contribution in [0.5, 0.6) is 0 Å². The summed E-state index contributed by atoms with van der Waals surface area (Å²) < 4.78 is 4.95. The van der Waals surface area contributed by atoms with E-state index in [9.17, 15) is 9.59 Å². The molecule has 0 aromatic heterocycles. The van der Waals surface area contributed by atoms with Crippen molar-refractivity contribution in [2.45, 2.75) is 25.3 Å². The Hall–Kier alpha value is -1.10. The molecule has 2 unspecified atom stereocenters. The summed E-state index contributed by atoms with van der Waals surface area (Å²) in [6.07, 6.45) is 1.79. The molecule has 5 heteroatoms. The van der Waals surface area contributed by atoms with Crippen molar-refractivity contribution < 1.29 is 19.4 Å². The van der Waals surface area contributed by atoms with E-state index in [2.05, 4.69) is 5.32 Å². The highest BCUT2D eigenvalue weighted by molar-refractivity contribution is 5.81. The van der Waals surface area contributed by atoms with Crippen LogP contribution >= 0.6 is 0 Å². The highest BCUT2D eigenvalue weighted by Crippen LogP contribution is 2.31. The molecule has 1 aliphatic heterocycles. The van der Waals surface area contributed by atoms with Gasteiger partial charge < -0.3 is 15.2 Å². The van der Waals surface area contributed by atoms with Crippen LogP contribution in [0.4, 0.5) is 0 Å². The van der Waals surface area contributed by atoms with Crippen molar-refractivity contribution in [3.05, 3.63) is 0 Å². The topological polar surface area (TPSA) is 75.6 Å². The Morgan fingerprint density at radius 2 is 1.87 bits per heavy atom. The maximum absolute atomic E-state index is 11.7. The molecule has 2 rings (SSSR count). The monoisotopic (exact) mass is 213 g/mol. The summed E-state index contributed by atoms with van der Waals surface area (Å²) in [4.78, 5) is 22.4. The van der Waals surface area contributed by atoms with Gasteiger partial charge in [0, 0.05) is 5.92 Å². The van der Waals surface area contributed by atoms with Crippen LogP contribution in [0.2, 0.25) is 0 Å². The molecule has 0 radical (unpaired) electrons. The van der Waals surface area contributed by atoms with Crippen LogP contribution < -0.4 is 5.32 Å². The van der Waals surface area contributed by atoms with Crippen LogP contribution in [0, 0.1) is 11.8 Å². The van der Waals surface area contributed by atoms with Gasteiger partial charge in [-0.3, -0.25) is 9.59 Å². The number of carbonyl (C=O) groups excluding carboxylic acids is 1. The molecule has 1 amide bonds. The van der Waals surface area contributed by atoms with E-state index in [1.54, 1.807) is 0 Å². The Bertz CT molecular complexity index is 275. The molecule has 0 spiro atoms. The molecule has 84 valence electrons. The van der Waals surface area contributed by atoms with Crippen LogP contribution in [0.25, 0.3) is 0 Å². The van der Waals surface area contributed by atoms with Crippen LogP contribution in [0.15, 0.2) is 0 Å². The van der Waals surface area contributed by atoms with Gasteiger partial charge in [-0.1, -0.05) is 0 Å². The Morgan fingerprint density at radius 3 is 2.33 bits per heavy atom. The lowest BCUT2D eigenvalue weighted by molar-refractivity contribution is -0.141. The number of hydrogen-bond acceptors (Lipinski definition) is 3. The van der Waals surface area contributed by atoms with E-state index in [1.807, 2.05) is 0 Å². The van der Waals surface area contributed by atoms with Crippen molar-refractivity contribution in [3.63, 3.8) is 0 Å². The van der Waals surface area contributed by atoms with Crippen LogP contribution in [0.1, 0.15) is 19.3 Å². The van der Waals surface area contributed by atoms with E-state index < -0.39 is 5.97 Å². The second-order valence-electron chi connectivity index (χ2n) is 4.29. The molecule has 0 bridgehead atoms. The van der Waals surface area contributed by atoms with Crippen molar-refractivity contribution in [2.24, 2.45) is 11.8 Å². The molecule has 1 saturated carbocycles. The molecule has 1 aliphatic carbocycles. The van der Waals surface area contributed by atoms with Gasteiger partial charge >= 0.3 is 5.97 Å². The number of nitrogens with one attached hydrogen (secondary N) is 1. The maximum Gasteiger partial charge on any atom is 0.306 e. The molecule has 0 aromatic carbocycles. The number of hydrogen-bond donors (Lipinski definition) is 2. The van der Waals surface area contributed by atoms with Gasteiger partial charge in [0.2, 0.25) is 5.91 Å². The molecular weight excluding hydrogens is 198 g/mol. The van der Waals surface area contributed by atoms with Gasteiger partial charge in [0.1, 0.15) is 0 Å². The number of carboxylic acids is 1. The van der Waals surface area contributed by atoms with Gasteiger partial charge in [0.25, 0.3) is 0 Å². The predicted molar refractivity (Wildman–Crippen MR) is 51.2 cm³/mol. The quantitative estimate of drug-likeness (QED) is 0.692. The molecule has 2 N–H and O–H groups in total. The second-order valence-corrected chi connectivity index (χ2v) is 4.29. The predicted octanol–water partition coefficient (Wildman–Crippen LogP) is 0.00230. The molecule has 2 atom stereocenters. The van der Waals surface area contributed by atoms with Crippen molar-refractivity contribution in [1.82, 2.24) is 5.32 Å². The molecule has 2 fully saturated rings. The summed E-state index contributed by atoms with van der Waals surface area (Å²) in [6.45, 7) is 1.17. The van der Waals surface area contributed by atoms with E-state index in [0.717, 1.165) is 0 Å². The molecule has 15 heavy (non-hydrogen) atoms. The fourth-order valence-electron chi connectivity index (χ4n) is 2.08. The SMILES string of the molecule is O=C(O)C1CCC(C(=O)NC2COC2)C1. The van der Waals surface area contributed by atoms with Crippen molar-refractivity contribution in [2.75, 3.05) is 13.2 Å². The minimum atomic E-state index is -0.780. The maximum atomic E-state index is 11.7. The largest absolute Gasteiger partial charge is 0.481 e. The van der Waals surface area contributed by atoms with Crippen molar-refractivity contribution >= 4 is 11.9 Å². The number of carbonyl (C=O) groups is 2. The third-order valence-corrected chi connectivity index (χ3v) is 3.14. The van der Waals surface area contributed by atoms with Crippen LogP contribution in [0.3, 0.4) is 0 Å². The van der Waals surface area contributed by atoms with Gasteiger partial charge in [-0.05, 0) is 19.3 Å². The summed E-state index contributed by atoms with van der Waals surface area (Å²) in [5.41, 5.74) is 0. The van der Waals surface area contributed by atoms with Gasteiger partial charge in [-0.25, -0.2) is 0 Å². The molecule has 1 heterocycles. The smallest absolute Gasteiger partial charge is 0.306 e. The average molecular weight is 213 g/mol. The Morgan fingerprint density at radius 1 is 1.20 bits per heavy atom. The number of rotatable bonds is 3. The number of aliphatic carboxylic acids is 1. The Balaban J connectivity index is 1.79. The number of carboxylic acid groups (broad SMARTS) is 1. The Kier molecular flexibility index (Phi) is 2.90. The van der Waals surface area contributed by atoms with Gasteiger partial charge in [0.15, 0.2) is 0 Å². The Labute approximate surface area is 87.8 Å². The normalized spacial score (nSPS) is 30.9. The molecular formula is C10H15NO4. The lowest BCUT2D eigenvalue weighted by atomic mass is 10.0. The fourth-order valence-corrected chi connectivity index (χ4v) is 2.08. The summed E-state index contributed by atoms with van der Waals surface area (Å²) >= 11 is 0. The summed E-state index contributed by atoms with van der Waals surface area (Å²) in [5.74, 6) is -1.24. The zero-order chi connectivity index (χ0) is 10.8. The number of ether oxygens (including phenoxy) is 1. The van der Waals surface area contributed by atoms with Crippen molar-refractivity contribution in [1.29, 1.82) is 0 Å². The van der Waals surface area contributed by atoms with E-state index >= 15 is 0 Å².